The molecule has 1 heterocycles. The topological polar surface area (TPSA) is 66.9 Å². The van der Waals surface area contributed by atoms with E-state index >= 15 is 0 Å². The van der Waals surface area contributed by atoms with Crippen molar-refractivity contribution in [3.63, 3.8) is 0 Å². The second-order valence-corrected chi connectivity index (χ2v) is 5.74. The van der Waals surface area contributed by atoms with Gasteiger partial charge in [0.1, 0.15) is 5.69 Å². The zero-order valence-electron chi connectivity index (χ0n) is 14.2. The lowest BCUT2D eigenvalue weighted by molar-refractivity contribution is -0.137. The number of carbonyl (C=O) groups excluding carboxylic acids is 1. The Labute approximate surface area is 153 Å². The maximum Gasteiger partial charge on any atom is 0.416 e. The second-order valence-electron chi connectivity index (χ2n) is 5.74. The van der Waals surface area contributed by atoms with Gasteiger partial charge in [0.05, 0.1) is 5.56 Å². The molecule has 2 N–H and O–H groups in total. The average Bonchev–Trinajstić information content (AvgIpc) is 2.62. The van der Waals surface area contributed by atoms with Crippen LogP contribution in [0, 0.1) is 6.92 Å². The van der Waals surface area contributed by atoms with E-state index in [0.29, 0.717) is 17.1 Å². The van der Waals surface area contributed by atoms with Gasteiger partial charge in [0.25, 0.3) is 5.91 Å². The predicted molar refractivity (Wildman–Crippen MR) is 95.9 cm³/mol. The lowest BCUT2D eigenvalue weighted by Crippen LogP contribution is -2.15. The lowest BCUT2D eigenvalue weighted by Gasteiger charge is -2.10. The number of para-hydroxylation sites is 1. The maximum absolute atomic E-state index is 12.6. The van der Waals surface area contributed by atoms with Crippen LogP contribution in [0.3, 0.4) is 0 Å². The van der Waals surface area contributed by atoms with E-state index in [1.54, 1.807) is 31.2 Å². The maximum atomic E-state index is 12.6. The van der Waals surface area contributed by atoms with E-state index < -0.39 is 17.6 Å². The Morgan fingerprint density at radius 1 is 0.926 bits per heavy atom. The molecule has 0 saturated carbocycles. The molecule has 0 bridgehead atoms. The molecular formula is C19H15F3N4O. The van der Waals surface area contributed by atoms with Gasteiger partial charge in [-0.25, -0.2) is 9.97 Å². The predicted octanol–water partition coefficient (Wildman–Crippen LogP) is 4.80. The van der Waals surface area contributed by atoms with Crippen molar-refractivity contribution in [3.8, 4) is 0 Å². The summed E-state index contributed by atoms with van der Waals surface area (Å²) in [5.74, 6) is -0.296. The molecule has 3 aromatic rings. The molecule has 0 radical (unpaired) electrons. The molecule has 0 aliphatic carbocycles. The van der Waals surface area contributed by atoms with E-state index in [0.717, 1.165) is 12.1 Å². The Hall–Kier alpha value is -3.42. The number of amides is 1. The van der Waals surface area contributed by atoms with Crippen LogP contribution in [-0.2, 0) is 6.18 Å². The van der Waals surface area contributed by atoms with Gasteiger partial charge in [-0.15, -0.1) is 0 Å². The van der Waals surface area contributed by atoms with Gasteiger partial charge in [-0.1, -0.05) is 18.2 Å². The van der Waals surface area contributed by atoms with Crippen LogP contribution in [0.2, 0.25) is 0 Å². The van der Waals surface area contributed by atoms with Gasteiger partial charge >= 0.3 is 6.18 Å². The molecule has 0 aliphatic heterocycles. The van der Waals surface area contributed by atoms with Crippen molar-refractivity contribution >= 4 is 23.2 Å². The van der Waals surface area contributed by atoms with E-state index in [-0.39, 0.29) is 11.6 Å². The summed E-state index contributed by atoms with van der Waals surface area (Å²) < 4.78 is 37.9. The third kappa shape index (κ3) is 4.81. The van der Waals surface area contributed by atoms with Gasteiger partial charge < -0.3 is 10.6 Å². The molecule has 1 aromatic heterocycles. The van der Waals surface area contributed by atoms with Crippen LogP contribution >= 0.6 is 0 Å². The van der Waals surface area contributed by atoms with Gasteiger partial charge in [-0.2, -0.15) is 13.2 Å². The molecular weight excluding hydrogens is 357 g/mol. The minimum absolute atomic E-state index is 0.118. The fourth-order valence-corrected chi connectivity index (χ4v) is 2.33. The number of halogens is 3. The van der Waals surface area contributed by atoms with Crippen LogP contribution in [0.4, 0.5) is 30.5 Å². The minimum atomic E-state index is -4.40. The number of carbonyl (C=O) groups is 1. The highest BCUT2D eigenvalue weighted by molar-refractivity contribution is 6.03. The molecule has 0 saturated heterocycles. The lowest BCUT2D eigenvalue weighted by atomic mass is 10.2. The first-order valence-corrected chi connectivity index (χ1v) is 7.97. The first kappa shape index (κ1) is 18.4. The van der Waals surface area contributed by atoms with Gasteiger partial charge in [0.2, 0.25) is 5.95 Å². The number of rotatable bonds is 4. The van der Waals surface area contributed by atoms with Crippen molar-refractivity contribution < 1.29 is 18.0 Å². The fraction of sp³-hybridized carbons (Fsp3) is 0.105. The highest BCUT2D eigenvalue weighted by Gasteiger charge is 2.29. The van der Waals surface area contributed by atoms with Gasteiger partial charge in [0, 0.05) is 17.1 Å². The Bertz CT molecular complexity index is 941. The quantitative estimate of drug-likeness (QED) is 0.690. The number of aryl methyl sites for hydroxylation is 1. The van der Waals surface area contributed by atoms with E-state index in [4.69, 9.17) is 0 Å². The Morgan fingerprint density at radius 2 is 1.59 bits per heavy atom. The number of hydrogen-bond donors (Lipinski definition) is 2. The smallest absolute Gasteiger partial charge is 0.324 e. The molecule has 0 fully saturated rings. The number of aromatic nitrogens is 2. The highest BCUT2D eigenvalue weighted by Crippen LogP contribution is 2.30. The van der Waals surface area contributed by atoms with Crippen molar-refractivity contribution in [3.05, 3.63) is 77.6 Å². The summed E-state index contributed by atoms with van der Waals surface area (Å²) in [5.41, 5.74) is 0.929. The summed E-state index contributed by atoms with van der Waals surface area (Å²) >= 11 is 0. The molecule has 8 heteroatoms. The summed E-state index contributed by atoms with van der Waals surface area (Å²) in [4.78, 5) is 20.7. The van der Waals surface area contributed by atoms with Crippen LogP contribution in [0.25, 0.3) is 0 Å². The van der Waals surface area contributed by atoms with Crippen LogP contribution in [0.15, 0.2) is 60.7 Å². The highest BCUT2D eigenvalue weighted by atomic mass is 19.4. The molecule has 0 aliphatic rings. The van der Waals surface area contributed by atoms with E-state index in [2.05, 4.69) is 20.6 Å². The fourth-order valence-electron chi connectivity index (χ4n) is 2.33. The normalized spacial score (nSPS) is 11.1. The molecule has 2 aromatic carbocycles. The molecule has 0 atom stereocenters. The minimum Gasteiger partial charge on any atom is -0.324 e. The number of nitrogens with zero attached hydrogens (tertiary/aromatic N) is 2. The molecule has 138 valence electrons. The Morgan fingerprint density at radius 3 is 2.22 bits per heavy atom. The molecule has 0 unspecified atom stereocenters. The Balaban J connectivity index is 1.78. The van der Waals surface area contributed by atoms with E-state index in [9.17, 15) is 18.0 Å². The van der Waals surface area contributed by atoms with Gasteiger partial charge in [0.15, 0.2) is 0 Å². The summed E-state index contributed by atoms with van der Waals surface area (Å²) in [6.45, 7) is 1.69. The number of benzene rings is 2. The first-order valence-electron chi connectivity index (χ1n) is 7.97. The van der Waals surface area contributed by atoms with Crippen molar-refractivity contribution in [1.82, 2.24) is 9.97 Å². The number of anilines is 3. The van der Waals surface area contributed by atoms with Crippen LogP contribution < -0.4 is 10.6 Å². The Kier molecular flexibility index (Phi) is 5.07. The van der Waals surface area contributed by atoms with Crippen LogP contribution in [-0.4, -0.2) is 15.9 Å². The first-order chi connectivity index (χ1) is 12.8. The van der Waals surface area contributed by atoms with E-state index in [1.165, 1.54) is 18.2 Å². The summed E-state index contributed by atoms with van der Waals surface area (Å²) in [6, 6.07) is 14.9. The van der Waals surface area contributed by atoms with Crippen LogP contribution in [0.1, 0.15) is 21.7 Å². The standard InChI is InChI=1S/C19H15F3N4O/c1-12-11-16(17(27)24-14-5-3-2-4-6-14)26-18(23-12)25-15-9-7-13(8-10-15)19(20,21)22/h2-11H,1H3,(H,24,27)(H,23,25,26). The molecule has 1 amide bonds. The molecule has 5 nitrogen and oxygen atoms in total. The third-order valence-electron chi connectivity index (χ3n) is 3.59. The van der Waals surface area contributed by atoms with Crippen molar-refractivity contribution in [1.29, 1.82) is 0 Å². The largest absolute Gasteiger partial charge is 0.416 e. The zero-order valence-corrected chi connectivity index (χ0v) is 14.2. The summed E-state index contributed by atoms with van der Waals surface area (Å²) in [5, 5.41) is 5.53. The van der Waals surface area contributed by atoms with Crippen molar-refractivity contribution in [2.75, 3.05) is 10.6 Å². The average molecular weight is 372 g/mol. The van der Waals surface area contributed by atoms with Gasteiger partial charge in [-0.3, -0.25) is 4.79 Å². The number of nitrogens with one attached hydrogen (secondary N) is 2. The third-order valence-corrected chi connectivity index (χ3v) is 3.59. The second kappa shape index (κ2) is 7.45. The zero-order chi connectivity index (χ0) is 19.4. The number of hydrogen-bond acceptors (Lipinski definition) is 4. The van der Waals surface area contributed by atoms with Gasteiger partial charge in [-0.05, 0) is 49.4 Å². The van der Waals surface area contributed by atoms with Crippen LogP contribution in [0.5, 0.6) is 0 Å². The summed E-state index contributed by atoms with van der Waals surface area (Å²) in [7, 11) is 0. The SMILES string of the molecule is Cc1cc(C(=O)Nc2ccccc2)nc(Nc2ccc(C(F)(F)F)cc2)n1. The van der Waals surface area contributed by atoms with E-state index in [1.807, 2.05) is 6.07 Å². The monoisotopic (exact) mass is 372 g/mol. The molecule has 0 spiro atoms. The van der Waals surface area contributed by atoms with Crippen molar-refractivity contribution in [2.24, 2.45) is 0 Å². The number of alkyl halides is 3. The molecule has 27 heavy (non-hydrogen) atoms. The van der Waals surface area contributed by atoms with Crippen molar-refractivity contribution in [2.45, 2.75) is 13.1 Å². The summed E-state index contributed by atoms with van der Waals surface area (Å²) in [6.07, 6.45) is -4.40. The molecule has 3 rings (SSSR count).